The zero-order chi connectivity index (χ0) is 23.0. The molecule has 0 radical (unpaired) electrons. The molecule has 3 heteroatoms. The maximum absolute atomic E-state index is 12.6. The molecule has 0 N–H and O–H groups in total. The quantitative estimate of drug-likeness (QED) is 0.251. The highest BCUT2D eigenvalue weighted by Crippen LogP contribution is 2.27. The summed E-state index contributed by atoms with van der Waals surface area (Å²) in [5.41, 5.74) is 2.30. The molecule has 0 fully saturated rings. The molecule has 0 aromatic heterocycles. The van der Waals surface area contributed by atoms with Crippen molar-refractivity contribution in [2.45, 2.75) is 89.9 Å². The van der Waals surface area contributed by atoms with Crippen LogP contribution in [0, 0.1) is 0 Å². The number of hydrogen-bond donors (Lipinski definition) is 0. The van der Waals surface area contributed by atoms with E-state index < -0.39 is 0 Å². The van der Waals surface area contributed by atoms with Crippen molar-refractivity contribution >= 4 is 17.3 Å². The van der Waals surface area contributed by atoms with E-state index >= 15 is 0 Å². The molecule has 0 saturated heterocycles. The molecular formula is C29H38O3. The molecule has 0 amide bonds. The fourth-order valence-corrected chi connectivity index (χ4v) is 4.16. The Kier molecular flexibility index (Phi) is 12.3. The van der Waals surface area contributed by atoms with Gasteiger partial charge in [0.05, 0.1) is 0 Å². The topological polar surface area (TPSA) is 51.2 Å². The van der Waals surface area contributed by atoms with Crippen LogP contribution in [0.1, 0.15) is 94.6 Å². The van der Waals surface area contributed by atoms with Gasteiger partial charge < -0.3 is 4.79 Å². The number of carbonyl (C=O) groups excluding carboxylic acids is 3. The first-order chi connectivity index (χ1) is 15.5. The summed E-state index contributed by atoms with van der Waals surface area (Å²) >= 11 is 0. The molecule has 0 saturated carbocycles. The van der Waals surface area contributed by atoms with E-state index in [9.17, 15) is 14.4 Å². The van der Waals surface area contributed by atoms with Crippen LogP contribution in [0.3, 0.4) is 0 Å². The Balaban J connectivity index is 1.72. The van der Waals surface area contributed by atoms with Gasteiger partial charge in [-0.25, -0.2) is 0 Å². The van der Waals surface area contributed by atoms with Crippen LogP contribution in [0.2, 0.25) is 0 Å². The van der Waals surface area contributed by atoms with Gasteiger partial charge in [-0.15, -0.1) is 0 Å². The van der Waals surface area contributed by atoms with Crippen molar-refractivity contribution in [3.63, 3.8) is 0 Å². The third kappa shape index (κ3) is 11.2. The Labute approximate surface area is 193 Å². The largest absolute Gasteiger partial charge is 0.300 e. The number of carbonyl (C=O) groups is 3. The van der Waals surface area contributed by atoms with Gasteiger partial charge in [-0.3, -0.25) is 9.59 Å². The number of Topliss-reactive ketones (excluding diaryl/α,β-unsaturated/α-hetero) is 3. The fourth-order valence-electron chi connectivity index (χ4n) is 4.16. The highest BCUT2D eigenvalue weighted by molar-refractivity contribution is 5.81. The van der Waals surface area contributed by atoms with Crippen LogP contribution in [0.4, 0.5) is 0 Å². The lowest BCUT2D eigenvalue weighted by molar-refractivity contribution is -0.120. The Morgan fingerprint density at radius 2 is 1.22 bits per heavy atom. The van der Waals surface area contributed by atoms with Gasteiger partial charge in [0.25, 0.3) is 0 Å². The lowest BCUT2D eigenvalue weighted by atomic mass is 9.87. The summed E-state index contributed by atoms with van der Waals surface area (Å²) in [6.45, 7) is 1.63. The summed E-state index contributed by atoms with van der Waals surface area (Å²) in [7, 11) is 0. The second kappa shape index (κ2) is 15.3. The van der Waals surface area contributed by atoms with E-state index in [-0.39, 0.29) is 17.5 Å². The number of ketones is 3. The Morgan fingerprint density at radius 3 is 1.88 bits per heavy atom. The molecule has 0 heterocycles. The van der Waals surface area contributed by atoms with Crippen LogP contribution in [-0.2, 0) is 20.8 Å². The molecule has 2 aromatic carbocycles. The summed E-state index contributed by atoms with van der Waals surface area (Å²) in [5, 5.41) is 0. The lowest BCUT2D eigenvalue weighted by Gasteiger charge is -2.17. The zero-order valence-corrected chi connectivity index (χ0v) is 19.6. The van der Waals surface area contributed by atoms with Crippen molar-refractivity contribution in [3.8, 4) is 0 Å². The molecule has 3 nitrogen and oxygen atoms in total. The molecule has 1 atom stereocenters. The van der Waals surface area contributed by atoms with Crippen molar-refractivity contribution in [2.75, 3.05) is 0 Å². The van der Waals surface area contributed by atoms with Crippen molar-refractivity contribution < 1.29 is 14.4 Å². The van der Waals surface area contributed by atoms with Gasteiger partial charge in [0.15, 0.2) is 0 Å². The maximum atomic E-state index is 12.6. The van der Waals surface area contributed by atoms with Gasteiger partial charge in [-0.1, -0.05) is 79.9 Å². The van der Waals surface area contributed by atoms with Crippen LogP contribution in [0.25, 0.3) is 0 Å². The number of hydrogen-bond acceptors (Lipinski definition) is 3. The zero-order valence-electron chi connectivity index (χ0n) is 19.6. The molecule has 0 spiro atoms. The van der Waals surface area contributed by atoms with Crippen LogP contribution in [0.15, 0.2) is 60.7 Å². The van der Waals surface area contributed by atoms with Gasteiger partial charge in [0.1, 0.15) is 17.3 Å². The molecule has 2 rings (SSSR count). The first-order valence-electron chi connectivity index (χ1n) is 12.2. The highest BCUT2D eigenvalue weighted by Gasteiger charge is 2.16. The predicted octanol–water partition coefficient (Wildman–Crippen LogP) is 7.03. The average Bonchev–Trinajstić information content (AvgIpc) is 2.79. The summed E-state index contributed by atoms with van der Waals surface area (Å²) < 4.78 is 0. The standard InChI is InChI=1S/C29H38O3/c1-24(30)14-6-2-3-11-20-29(32)23-27(26-17-9-5-10-18-26)19-12-13-21-28(31)22-25-15-7-4-8-16-25/h4-5,7-10,15-18,27H,2-3,6,11-14,19-23H2,1H3. The molecule has 2 aromatic rings. The van der Waals surface area contributed by atoms with Gasteiger partial charge in [-0.2, -0.15) is 0 Å². The molecule has 0 aliphatic rings. The van der Waals surface area contributed by atoms with Crippen LogP contribution in [0.5, 0.6) is 0 Å². The van der Waals surface area contributed by atoms with E-state index in [1.807, 2.05) is 48.5 Å². The maximum Gasteiger partial charge on any atom is 0.137 e. The minimum absolute atomic E-state index is 0.227. The lowest BCUT2D eigenvalue weighted by Crippen LogP contribution is -2.08. The van der Waals surface area contributed by atoms with Gasteiger partial charge in [0, 0.05) is 32.1 Å². The fraction of sp³-hybridized carbons (Fsp3) is 0.483. The Bertz CT molecular complexity index is 811. The number of benzene rings is 2. The van der Waals surface area contributed by atoms with Gasteiger partial charge in [-0.05, 0) is 49.7 Å². The third-order valence-electron chi connectivity index (χ3n) is 5.98. The Morgan fingerprint density at radius 1 is 0.656 bits per heavy atom. The van der Waals surface area contributed by atoms with Crippen molar-refractivity contribution in [1.82, 2.24) is 0 Å². The first-order valence-corrected chi connectivity index (χ1v) is 12.2. The van der Waals surface area contributed by atoms with E-state index in [0.717, 1.165) is 50.5 Å². The first kappa shape index (κ1) is 25.7. The molecule has 0 aliphatic carbocycles. The minimum Gasteiger partial charge on any atom is -0.300 e. The van der Waals surface area contributed by atoms with Gasteiger partial charge in [0.2, 0.25) is 0 Å². The molecule has 0 aliphatic heterocycles. The second-order valence-electron chi connectivity index (χ2n) is 8.91. The summed E-state index contributed by atoms with van der Waals surface area (Å²) in [5.74, 6) is 1.08. The summed E-state index contributed by atoms with van der Waals surface area (Å²) in [4.78, 5) is 35.9. The van der Waals surface area contributed by atoms with Crippen LogP contribution >= 0.6 is 0 Å². The predicted molar refractivity (Wildman–Crippen MR) is 131 cm³/mol. The molecule has 172 valence electrons. The third-order valence-corrected chi connectivity index (χ3v) is 5.98. The van der Waals surface area contributed by atoms with E-state index in [1.165, 1.54) is 5.56 Å². The van der Waals surface area contributed by atoms with E-state index in [4.69, 9.17) is 0 Å². The van der Waals surface area contributed by atoms with E-state index in [2.05, 4.69) is 12.1 Å². The van der Waals surface area contributed by atoms with Crippen molar-refractivity contribution in [3.05, 3.63) is 71.8 Å². The molecular weight excluding hydrogens is 396 g/mol. The van der Waals surface area contributed by atoms with Crippen LogP contribution < -0.4 is 0 Å². The van der Waals surface area contributed by atoms with E-state index in [0.29, 0.717) is 37.9 Å². The van der Waals surface area contributed by atoms with Crippen molar-refractivity contribution in [2.24, 2.45) is 0 Å². The highest BCUT2D eigenvalue weighted by atomic mass is 16.1. The summed E-state index contributed by atoms with van der Waals surface area (Å²) in [6.07, 6.45) is 9.60. The van der Waals surface area contributed by atoms with E-state index in [1.54, 1.807) is 6.92 Å². The summed E-state index contributed by atoms with van der Waals surface area (Å²) in [6, 6.07) is 20.2. The molecule has 0 bridgehead atoms. The second-order valence-corrected chi connectivity index (χ2v) is 8.91. The smallest absolute Gasteiger partial charge is 0.137 e. The number of unbranched alkanes of at least 4 members (excludes halogenated alkanes) is 4. The monoisotopic (exact) mass is 434 g/mol. The van der Waals surface area contributed by atoms with Gasteiger partial charge >= 0.3 is 0 Å². The number of rotatable bonds is 17. The molecule has 1 unspecified atom stereocenters. The SMILES string of the molecule is CC(=O)CCCCCCC(=O)CC(CCCCC(=O)Cc1ccccc1)c1ccccc1. The van der Waals surface area contributed by atoms with Crippen LogP contribution in [-0.4, -0.2) is 17.3 Å². The Hall–Kier alpha value is -2.55. The minimum atomic E-state index is 0.227. The average molecular weight is 435 g/mol. The van der Waals surface area contributed by atoms with Crippen molar-refractivity contribution in [1.29, 1.82) is 0 Å². The molecule has 32 heavy (non-hydrogen) atoms. The normalized spacial score (nSPS) is 11.8.